The first-order valence-corrected chi connectivity index (χ1v) is 9.70. The zero-order chi connectivity index (χ0) is 21.4. The topological polar surface area (TPSA) is 85.8 Å². The first-order valence-electron chi connectivity index (χ1n) is 9.70. The van der Waals surface area contributed by atoms with Crippen molar-refractivity contribution >= 4 is 22.6 Å². The molecule has 154 valence electrons. The van der Waals surface area contributed by atoms with Gasteiger partial charge >= 0.3 is 0 Å². The van der Waals surface area contributed by atoms with Crippen LogP contribution in [0.2, 0.25) is 0 Å². The Morgan fingerprint density at radius 2 is 2.07 bits per heavy atom. The van der Waals surface area contributed by atoms with Gasteiger partial charge in [0, 0.05) is 30.4 Å². The largest absolute Gasteiger partial charge is 0.436 e. The summed E-state index contributed by atoms with van der Waals surface area (Å²) in [5, 5.41) is 7.93. The van der Waals surface area contributed by atoms with E-state index in [2.05, 4.69) is 34.2 Å². The van der Waals surface area contributed by atoms with Crippen LogP contribution in [0, 0.1) is 25.6 Å². The minimum absolute atomic E-state index is 0.130. The van der Waals surface area contributed by atoms with Gasteiger partial charge in [0.05, 0.1) is 5.69 Å². The maximum Gasteiger partial charge on any atom is 0.293 e. The molecule has 0 aliphatic rings. The maximum absolute atomic E-state index is 14.5. The van der Waals surface area contributed by atoms with E-state index in [0.717, 1.165) is 17.4 Å². The lowest BCUT2D eigenvalue weighted by Gasteiger charge is -2.08. The predicted molar refractivity (Wildman–Crippen MR) is 111 cm³/mol. The van der Waals surface area contributed by atoms with Gasteiger partial charge in [0.1, 0.15) is 11.5 Å². The summed E-state index contributed by atoms with van der Waals surface area (Å²) in [7, 11) is 0. The third-order valence-electron chi connectivity index (χ3n) is 4.62. The second kappa shape index (κ2) is 7.70. The molecule has 0 fully saturated rings. The summed E-state index contributed by atoms with van der Waals surface area (Å²) < 4.78 is 21.3. The Morgan fingerprint density at radius 1 is 1.27 bits per heavy atom. The zero-order valence-corrected chi connectivity index (χ0v) is 17.2. The minimum atomic E-state index is -0.463. The second-order valence-electron chi connectivity index (χ2n) is 7.70. The molecule has 0 bridgehead atoms. The molecule has 1 N–H and O–H groups in total. The van der Waals surface area contributed by atoms with Gasteiger partial charge in [-0.15, -0.1) is 5.10 Å². The molecule has 3 heterocycles. The lowest BCUT2D eigenvalue weighted by Crippen LogP contribution is -2.13. The van der Waals surface area contributed by atoms with Crippen LogP contribution >= 0.6 is 0 Å². The second-order valence-corrected chi connectivity index (χ2v) is 7.70. The number of hydrogen-bond acceptors (Lipinski definition) is 5. The first kappa shape index (κ1) is 19.8. The quantitative estimate of drug-likeness (QED) is 0.522. The summed E-state index contributed by atoms with van der Waals surface area (Å²) in [6.07, 6.45) is 4.44. The van der Waals surface area contributed by atoms with Crippen LogP contribution in [0.5, 0.6) is 0 Å². The molecular weight excluding hydrogens is 385 g/mol. The number of oxazole rings is 1. The molecule has 0 atom stereocenters. The van der Waals surface area contributed by atoms with E-state index in [9.17, 15) is 9.18 Å². The van der Waals surface area contributed by atoms with E-state index in [-0.39, 0.29) is 11.4 Å². The molecule has 8 heteroatoms. The van der Waals surface area contributed by atoms with E-state index in [1.165, 1.54) is 22.9 Å². The smallest absolute Gasteiger partial charge is 0.293 e. The van der Waals surface area contributed by atoms with Crippen LogP contribution in [0.25, 0.3) is 16.7 Å². The van der Waals surface area contributed by atoms with Crippen molar-refractivity contribution in [3.8, 4) is 5.69 Å². The van der Waals surface area contributed by atoms with Crippen LogP contribution in [-0.2, 0) is 6.42 Å². The molecule has 1 amide bonds. The van der Waals surface area contributed by atoms with Gasteiger partial charge in [0.25, 0.3) is 5.91 Å². The number of aryl methyl sites for hydroxylation is 2. The standard InChI is InChI=1S/C22H22FN5O2/c1-12(2)7-15-8-16-11-28(27-21(16)24-10-15)19-9-17(5-6-18(19)23)26-22(29)20-13(3)25-14(4)30-20/h5-6,8-12H,7H2,1-4H3,(H,26,29). The van der Waals surface area contributed by atoms with Crippen molar-refractivity contribution in [3.63, 3.8) is 0 Å². The van der Waals surface area contributed by atoms with Gasteiger partial charge in [0.15, 0.2) is 11.5 Å². The third-order valence-corrected chi connectivity index (χ3v) is 4.62. The molecular formula is C22H22FN5O2. The van der Waals surface area contributed by atoms with E-state index < -0.39 is 11.7 Å². The Morgan fingerprint density at radius 3 is 2.77 bits per heavy atom. The highest BCUT2D eigenvalue weighted by molar-refractivity contribution is 6.03. The van der Waals surface area contributed by atoms with Gasteiger partial charge in [-0.2, -0.15) is 0 Å². The Kier molecular flexibility index (Phi) is 5.07. The molecule has 0 aliphatic carbocycles. The van der Waals surface area contributed by atoms with Crippen molar-refractivity contribution in [3.05, 3.63) is 65.4 Å². The van der Waals surface area contributed by atoms with Crippen molar-refractivity contribution in [2.75, 3.05) is 5.32 Å². The van der Waals surface area contributed by atoms with Gasteiger partial charge in [-0.25, -0.2) is 19.0 Å². The van der Waals surface area contributed by atoms with Gasteiger partial charge in [0.2, 0.25) is 5.76 Å². The summed E-state index contributed by atoms with van der Waals surface area (Å²) in [6.45, 7) is 7.65. The van der Waals surface area contributed by atoms with Crippen molar-refractivity contribution in [1.29, 1.82) is 0 Å². The molecule has 4 aromatic rings. The van der Waals surface area contributed by atoms with Crippen LogP contribution in [0.1, 0.15) is 41.6 Å². The van der Waals surface area contributed by atoms with Crippen LogP contribution in [0.15, 0.2) is 41.1 Å². The molecule has 30 heavy (non-hydrogen) atoms. The zero-order valence-electron chi connectivity index (χ0n) is 17.2. The molecule has 0 saturated heterocycles. The number of halogens is 1. The third kappa shape index (κ3) is 3.94. The number of benzene rings is 1. The number of rotatable bonds is 5. The summed E-state index contributed by atoms with van der Waals surface area (Å²) in [5.74, 6) is 0.134. The summed E-state index contributed by atoms with van der Waals surface area (Å²) in [4.78, 5) is 21.0. The molecule has 0 aliphatic heterocycles. The SMILES string of the molecule is Cc1nc(C)c(C(=O)Nc2ccc(F)c(-n3cc4cc(CC(C)C)cnc4n3)c2)o1. The normalized spacial score (nSPS) is 11.4. The number of carbonyl (C=O) groups is 1. The van der Waals surface area contributed by atoms with Crippen LogP contribution in [0.3, 0.4) is 0 Å². The number of nitrogens with one attached hydrogen (secondary N) is 1. The summed E-state index contributed by atoms with van der Waals surface area (Å²) in [5.41, 5.74) is 2.76. The fourth-order valence-electron chi connectivity index (χ4n) is 3.36. The fraction of sp³-hybridized carbons (Fsp3) is 0.273. The number of aromatic nitrogens is 4. The highest BCUT2D eigenvalue weighted by atomic mass is 19.1. The monoisotopic (exact) mass is 407 g/mol. The molecule has 3 aromatic heterocycles. The molecule has 0 spiro atoms. The van der Waals surface area contributed by atoms with E-state index in [0.29, 0.717) is 28.8 Å². The van der Waals surface area contributed by atoms with Gasteiger partial charge < -0.3 is 9.73 Å². The van der Waals surface area contributed by atoms with Gasteiger partial charge in [-0.3, -0.25) is 4.79 Å². The number of pyridine rings is 1. The maximum atomic E-state index is 14.5. The van der Waals surface area contributed by atoms with Crippen molar-refractivity contribution < 1.29 is 13.6 Å². The summed E-state index contributed by atoms with van der Waals surface area (Å²) >= 11 is 0. The molecule has 4 rings (SSSR count). The van der Waals surface area contributed by atoms with Crippen LogP contribution < -0.4 is 5.32 Å². The highest BCUT2D eigenvalue weighted by Crippen LogP contribution is 2.22. The Hall–Kier alpha value is -3.55. The number of hydrogen-bond donors (Lipinski definition) is 1. The lowest BCUT2D eigenvalue weighted by atomic mass is 10.0. The minimum Gasteiger partial charge on any atom is -0.436 e. The van der Waals surface area contributed by atoms with E-state index >= 15 is 0 Å². The molecule has 0 unspecified atom stereocenters. The number of fused-ring (bicyclic) bond motifs is 1. The number of anilines is 1. The van der Waals surface area contributed by atoms with E-state index in [1.807, 2.05) is 6.07 Å². The van der Waals surface area contributed by atoms with Crippen molar-refractivity contribution in [1.82, 2.24) is 19.7 Å². The molecule has 1 aromatic carbocycles. The van der Waals surface area contributed by atoms with Crippen molar-refractivity contribution in [2.45, 2.75) is 34.1 Å². The van der Waals surface area contributed by atoms with Gasteiger partial charge in [-0.1, -0.05) is 13.8 Å². The summed E-state index contributed by atoms with van der Waals surface area (Å²) in [6, 6.07) is 6.31. The average molecular weight is 407 g/mol. The fourth-order valence-corrected chi connectivity index (χ4v) is 3.36. The predicted octanol–water partition coefficient (Wildman–Crippen LogP) is 4.62. The molecule has 0 saturated carbocycles. The van der Waals surface area contributed by atoms with Crippen LogP contribution in [0.4, 0.5) is 10.1 Å². The van der Waals surface area contributed by atoms with Crippen molar-refractivity contribution in [2.24, 2.45) is 5.92 Å². The molecule has 0 radical (unpaired) electrons. The van der Waals surface area contributed by atoms with E-state index in [1.54, 1.807) is 26.2 Å². The Bertz CT molecular complexity index is 1240. The Labute approximate surface area is 172 Å². The average Bonchev–Trinajstić information content (AvgIpc) is 3.24. The number of nitrogens with zero attached hydrogens (tertiary/aromatic N) is 4. The van der Waals surface area contributed by atoms with Gasteiger partial charge in [-0.05, 0) is 49.1 Å². The first-order chi connectivity index (χ1) is 14.3. The van der Waals surface area contributed by atoms with E-state index in [4.69, 9.17) is 4.42 Å². The Balaban J connectivity index is 1.64. The number of carbonyl (C=O) groups excluding carboxylic acids is 1. The highest BCUT2D eigenvalue weighted by Gasteiger charge is 2.17. The lowest BCUT2D eigenvalue weighted by molar-refractivity contribution is 0.0994. The van der Waals surface area contributed by atoms with Crippen LogP contribution in [-0.4, -0.2) is 25.7 Å². The number of amides is 1. The molecule has 7 nitrogen and oxygen atoms in total.